The molecule has 2 aromatic rings. The second-order valence-corrected chi connectivity index (χ2v) is 7.00. The van der Waals surface area contributed by atoms with Crippen LogP contribution in [0.2, 0.25) is 8.67 Å². The maximum atomic E-state index is 6.36. The van der Waals surface area contributed by atoms with Crippen LogP contribution in [0.5, 0.6) is 0 Å². The van der Waals surface area contributed by atoms with E-state index in [4.69, 9.17) is 23.2 Å². The normalized spacial score (nSPS) is 12.6. The molecule has 0 aliphatic rings. The van der Waals surface area contributed by atoms with Crippen LogP contribution in [-0.4, -0.2) is 6.54 Å². The van der Waals surface area contributed by atoms with Gasteiger partial charge in [0, 0.05) is 5.56 Å². The molecule has 1 atom stereocenters. The van der Waals surface area contributed by atoms with E-state index in [1.165, 1.54) is 22.5 Å². The molecule has 0 aliphatic carbocycles. The molecule has 108 valence electrons. The number of benzene rings is 1. The standard InChI is InChI=1S/C16H19Cl2NS/c1-3-9-19-15(13-10-14(17)20-16(13)18)12-8-6-5-7-11(12)4-2/h5-8,10,15,19H,3-4,9H2,1-2H3. The van der Waals surface area contributed by atoms with Crippen molar-refractivity contribution in [3.05, 3.63) is 55.7 Å². The van der Waals surface area contributed by atoms with Gasteiger partial charge in [0.1, 0.15) is 0 Å². The van der Waals surface area contributed by atoms with Crippen LogP contribution in [0.3, 0.4) is 0 Å². The fourth-order valence-corrected chi connectivity index (χ4v) is 3.90. The van der Waals surface area contributed by atoms with E-state index < -0.39 is 0 Å². The summed E-state index contributed by atoms with van der Waals surface area (Å²) in [7, 11) is 0. The fourth-order valence-electron chi connectivity index (χ4n) is 2.36. The third-order valence-corrected chi connectivity index (χ3v) is 4.86. The van der Waals surface area contributed by atoms with Crippen molar-refractivity contribution in [1.29, 1.82) is 0 Å². The van der Waals surface area contributed by atoms with Crippen LogP contribution < -0.4 is 5.32 Å². The summed E-state index contributed by atoms with van der Waals surface area (Å²) in [5, 5.41) is 3.59. The Kier molecular flexibility index (Phi) is 5.91. The maximum Gasteiger partial charge on any atom is 0.0995 e. The van der Waals surface area contributed by atoms with Crippen LogP contribution in [-0.2, 0) is 6.42 Å². The number of halogens is 2. The van der Waals surface area contributed by atoms with Crippen LogP contribution >= 0.6 is 34.5 Å². The van der Waals surface area contributed by atoms with E-state index >= 15 is 0 Å². The van der Waals surface area contributed by atoms with Crippen molar-refractivity contribution in [2.75, 3.05) is 6.54 Å². The molecule has 0 aliphatic heterocycles. The Morgan fingerprint density at radius 1 is 1.15 bits per heavy atom. The molecule has 0 fully saturated rings. The predicted octanol–water partition coefficient (Wildman–Crippen LogP) is 5.71. The highest BCUT2D eigenvalue weighted by Gasteiger charge is 2.20. The first-order chi connectivity index (χ1) is 9.67. The molecule has 4 heteroatoms. The molecular weight excluding hydrogens is 309 g/mol. The maximum absolute atomic E-state index is 6.36. The quantitative estimate of drug-likeness (QED) is 0.716. The lowest BCUT2D eigenvalue weighted by molar-refractivity contribution is 0.596. The molecule has 2 rings (SSSR count). The molecular formula is C16H19Cl2NS. The molecule has 1 heterocycles. The van der Waals surface area contributed by atoms with E-state index in [0.717, 1.165) is 33.6 Å². The molecule has 1 nitrogen and oxygen atoms in total. The molecule has 0 saturated heterocycles. The highest BCUT2D eigenvalue weighted by molar-refractivity contribution is 7.20. The molecule has 0 saturated carbocycles. The van der Waals surface area contributed by atoms with Crippen LogP contribution in [0, 0.1) is 0 Å². The first kappa shape index (κ1) is 15.8. The topological polar surface area (TPSA) is 12.0 Å². The van der Waals surface area contributed by atoms with Crippen molar-refractivity contribution in [1.82, 2.24) is 5.32 Å². The van der Waals surface area contributed by atoms with Crippen molar-refractivity contribution < 1.29 is 0 Å². The van der Waals surface area contributed by atoms with E-state index in [2.05, 4.69) is 43.4 Å². The van der Waals surface area contributed by atoms with Crippen LogP contribution in [0.4, 0.5) is 0 Å². The number of nitrogens with one attached hydrogen (secondary N) is 1. The summed E-state index contributed by atoms with van der Waals surface area (Å²) in [4.78, 5) is 0. The Morgan fingerprint density at radius 2 is 1.90 bits per heavy atom. The lowest BCUT2D eigenvalue weighted by Gasteiger charge is -2.21. The molecule has 0 radical (unpaired) electrons. The van der Waals surface area contributed by atoms with Crippen molar-refractivity contribution in [2.24, 2.45) is 0 Å². The van der Waals surface area contributed by atoms with Gasteiger partial charge in [0.2, 0.25) is 0 Å². The smallest absolute Gasteiger partial charge is 0.0995 e. The average Bonchev–Trinajstić information content (AvgIpc) is 2.79. The SMILES string of the molecule is CCCNC(c1ccccc1CC)c1cc(Cl)sc1Cl. The van der Waals surface area contributed by atoms with Crippen LogP contribution in [0.15, 0.2) is 30.3 Å². The Bertz CT molecular complexity index is 565. The molecule has 1 unspecified atom stereocenters. The lowest BCUT2D eigenvalue weighted by atomic mass is 9.94. The van der Waals surface area contributed by atoms with Gasteiger partial charge in [-0.2, -0.15) is 0 Å². The zero-order chi connectivity index (χ0) is 14.5. The van der Waals surface area contributed by atoms with Crippen LogP contribution in [0.1, 0.15) is 43.0 Å². The van der Waals surface area contributed by atoms with Crippen LogP contribution in [0.25, 0.3) is 0 Å². The van der Waals surface area contributed by atoms with Gasteiger partial charge in [0.15, 0.2) is 0 Å². The third-order valence-electron chi connectivity index (χ3n) is 3.34. The number of hydrogen-bond donors (Lipinski definition) is 1. The largest absolute Gasteiger partial charge is 0.306 e. The lowest BCUT2D eigenvalue weighted by Crippen LogP contribution is -2.24. The second kappa shape index (κ2) is 7.46. The van der Waals surface area contributed by atoms with E-state index in [0.29, 0.717) is 0 Å². The average molecular weight is 328 g/mol. The highest BCUT2D eigenvalue weighted by Crippen LogP contribution is 2.38. The Morgan fingerprint density at radius 3 is 2.50 bits per heavy atom. The summed E-state index contributed by atoms with van der Waals surface area (Å²) in [5.41, 5.74) is 3.72. The molecule has 20 heavy (non-hydrogen) atoms. The molecule has 1 aromatic heterocycles. The Balaban J connectivity index is 2.44. The molecule has 0 amide bonds. The Labute approximate surface area is 134 Å². The zero-order valence-corrected chi connectivity index (χ0v) is 14.1. The summed E-state index contributed by atoms with van der Waals surface area (Å²) in [6.45, 7) is 5.29. The number of hydrogen-bond acceptors (Lipinski definition) is 2. The predicted molar refractivity (Wildman–Crippen MR) is 90.3 cm³/mol. The first-order valence-electron chi connectivity index (χ1n) is 6.93. The van der Waals surface area contributed by atoms with E-state index in [9.17, 15) is 0 Å². The highest BCUT2D eigenvalue weighted by atomic mass is 35.5. The van der Waals surface area contributed by atoms with Gasteiger partial charge in [-0.05, 0) is 36.6 Å². The summed E-state index contributed by atoms with van der Waals surface area (Å²) < 4.78 is 1.51. The number of thiophene rings is 1. The minimum atomic E-state index is 0.113. The van der Waals surface area contributed by atoms with E-state index in [1.54, 1.807) is 0 Å². The van der Waals surface area contributed by atoms with E-state index in [-0.39, 0.29) is 6.04 Å². The van der Waals surface area contributed by atoms with Crippen molar-refractivity contribution in [2.45, 2.75) is 32.7 Å². The van der Waals surface area contributed by atoms with Crippen molar-refractivity contribution >= 4 is 34.5 Å². The number of rotatable bonds is 6. The number of aryl methyl sites for hydroxylation is 1. The first-order valence-corrected chi connectivity index (χ1v) is 8.50. The van der Waals surface area contributed by atoms with Gasteiger partial charge in [-0.15, -0.1) is 11.3 Å². The van der Waals surface area contributed by atoms with Crippen molar-refractivity contribution in [3.63, 3.8) is 0 Å². The van der Waals surface area contributed by atoms with Gasteiger partial charge in [-0.1, -0.05) is 61.3 Å². The summed E-state index contributed by atoms with van der Waals surface area (Å²) >= 11 is 13.9. The molecule has 0 spiro atoms. The van der Waals surface area contributed by atoms with E-state index in [1.807, 2.05) is 6.07 Å². The monoisotopic (exact) mass is 327 g/mol. The molecule has 1 N–H and O–H groups in total. The molecule has 0 bridgehead atoms. The minimum absolute atomic E-state index is 0.113. The molecule has 1 aromatic carbocycles. The zero-order valence-electron chi connectivity index (χ0n) is 11.7. The summed E-state index contributed by atoms with van der Waals surface area (Å²) in [6.07, 6.45) is 2.09. The van der Waals surface area contributed by atoms with Gasteiger partial charge in [0.05, 0.1) is 14.7 Å². The summed E-state index contributed by atoms with van der Waals surface area (Å²) in [5.74, 6) is 0. The summed E-state index contributed by atoms with van der Waals surface area (Å²) in [6, 6.07) is 10.6. The van der Waals surface area contributed by atoms with Gasteiger partial charge in [-0.3, -0.25) is 0 Å². The minimum Gasteiger partial charge on any atom is -0.306 e. The van der Waals surface area contributed by atoms with Gasteiger partial charge in [0.25, 0.3) is 0 Å². The van der Waals surface area contributed by atoms with Gasteiger partial charge >= 0.3 is 0 Å². The fraction of sp³-hybridized carbons (Fsp3) is 0.375. The van der Waals surface area contributed by atoms with Gasteiger partial charge < -0.3 is 5.32 Å². The third kappa shape index (κ3) is 3.56. The van der Waals surface area contributed by atoms with Gasteiger partial charge in [-0.25, -0.2) is 0 Å². The second-order valence-electron chi connectivity index (χ2n) is 4.72. The van der Waals surface area contributed by atoms with Crippen molar-refractivity contribution in [3.8, 4) is 0 Å². The Hall–Kier alpha value is -0.540.